The first-order valence-electron chi connectivity index (χ1n) is 9.16. The third kappa shape index (κ3) is 3.48. The van der Waals surface area contributed by atoms with E-state index in [1.165, 1.54) is 0 Å². The van der Waals surface area contributed by atoms with E-state index in [-0.39, 0.29) is 23.7 Å². The Labute approximate surface area is 161 Å². The Morgan fingerprint density at radius 2 is 2.00 bits per heavy atom. The summed E-state index contributed by atoms with van der Waals surface area (Å²) in [5, 5.41) is 5.45. The highest BCUT2D eigenvalue weighted by Crippen LogP contribution is 2.30. The number of carbonyl (C=O) groups excluding carboxylic acids is 2. The lowest BCUT2D eigenvalue weighted by molar-refractivity contribution is -0.123. The Kier molecular flexibility index (Phi) is 4.82. The fourth-order valence-corrected chi connectivity index (χ4v) is 3.44. The van der Waals surface area contributed by atoms with Gasteiger partial charge in [-0.2, -0.15) is 4.98 Å². The van der Waals surface area contributed by atoms with E-state index in [2.05, 4.69) is 20.6 Å². The highest BCUT2D eigenvalue weighted by atomic mass is 16.5. The number of benzene rings is 1. The first kappa shape index (κ1) is 18.2. The van der Waals surface area contributed by atoms with Crippen molar-refractivity contribution in [3.8, 4) is 0 Å². The number of aromatic nitrogens is 2. The zero-order chi connectivity index (χ0) is 19.7. The molecule has 0 spiro atoms. The van der Waals surface area contributed by atoms with Crippen molar-refractivity contribution in [2.45, 2.75) is 19.3 Å². The molecule has 1 saturated heterocycles. The SMILES string of the molecule is Cc1ccccc1NC(=O)C1CC(=O)Nc2nc(N3CCOCC3)[nH]c(=O)c21. The van der Waals surface area contributed by atoms with Crippen LogP contribution in [0.1, 0.15) is 23.5 Å². The van der Waals surface area contributed by atoms with Crippen LogP contribution in [-0.2, 0) is 14.3 Å². The van der Waals surface area contributed by atoms with Gasteiger partial charge in [-0.15, -0.1) is 0 Å². The normalized spacial score (nSPS) is 19.0. The number of aryl methyl sites for hydroxylation is 1. The number of fused-ring (bicyclic) bond motifs is 1. The van der Waals surface area contributed by atoms with Gasteiger partial charge in [0.2, 0.25) is 17.8 Å². The molecule has 2 aliphatic rings. The highest BCUT2D eigenvalue weighted by molar-refractivity contribution is 6.04. The minimum atomic E-state index is -0.904. The van der Waals surface area contributed by atoms with Crippen LogP contribution in [0.15, 0.2) is 29.1 Å². The topological polar surface area (TPSA) is 116 Å². The molecule has 4 rings (SSSR count). The van der Waals surface area contributed by atoms with E-state index < -0.39 is 17.4 Å². The Morgan fingerprint density at radius 3 is 2.75 bits per heavy atom. The molecule has 3 heterocycles. The molecule has 146 valence electrons. The molecular weight excluding hydrogens is 362 g/mol. The van der Waals surface area contributed by atoms with Gasteiger partial charge in [-0.1, -0.05) is 18.2 Å². The average Bonchev–Trinajstić information content (AvgIpc) is 2.69. The average molecular weight is 383 g/mol. The second-order valence-corrected chi connectivity index (χ2v) is 6.86. The Morgan fingerprint density at radius 1 is 1.25 bits per heavy atom. The van der Waals surface area contributed by atoms with E-state index in [0.717, 1.165) is 5.56 Å². The number of nitrogens with zero attached hydrogens (tertiary/aromatic N) is 2. The number of H-pyrrole nitrogens is 1. The van der Waals surface area contributed by atoms with Crippen molar-refractivity contribution in [1.29, 1.82) is 0 Å². The van der Waals surface area contributed by atoms with Crippen molar-refractivity contribution in [3.05, 3.63) is 45.7 Å². The molecule has 3 N–H and O–H groups in total. The summed E-state index contributed by atoms with van der Waals surface area (Å²) in [5.41, 5.74) is 1.31. The molecule has 9 nitrogen and oxygen atoms in total. The van der Waals surface area contributed by atoms with Crippen LogP contribution in [-0.4, -0.2) is 48.1 Å². The molecule has 2 aliphatic heterocycles. The number of para-hydroxylation sites is 1. The number of morpholine rings is 1. The lowest BCUT2D eigenvalue weighted by Gasteiger charge is -2.29. The molecule has 1 fully saturated rings. The van der Waals surface area contributed by atoms with E-state index in [4.69, 9.17) is 4.74 Å². The van der Waals surface area contributed by atoms with E-state index >= 15 is 0 Å². The fourth-order valence-electron chi connectivity index (χ4n) is 3.44. The molecular formula is C19H21N5O4. The maximum atomic E-state index is 12.9. The van der Waals surface area contributed by atoms with Crippen LogP contribution in [0.3, 0.4) is 0 Å². The summed E-state index contributed by atoms with van der Waals surface area (Å²) in [6, 6.07) is 7.34. The van der Waals surface area contributed by atoms with Crippen LogP contribution in [0, 0.1) is 6.92 Å². The number of hydrogen-bond acceptors (Lipinski definition) is 6. The number of ether oxygens (including phenoxy) is 1. The van der Waals surface area contributed by atoms with Crippen LogP contribution in [0.25, 0.3) is 0 Å². The van der Waals surface area contributed by atoms with Crippen LogP contribution in [0.5, 0.6) is 0 Å². The molecule has 1 aromatic heterocycles. The van der Waals surface area contributed by atoms with Gasteiger partial charge in [-0.3, -0.25) is 19.4 Å². The maximum absolute atomic E-state index is 12.9. The third-order valence-corrected chi connectivity index (χ3v) is 4.97. The molecule has 0 bridgehead atoms. The van der Waals surface area contributed by atoms with Gasteiger partial charge >= 0.3 is 0 Å². The zero-order valence-corrected chi connectivity index (χ0v) is 15.4. The summed E-state index contributed by atoms with van der Waals surface area (Å²) in [5.74, 6) is -1.14. The van der Waals surface area contributed by atoms with Crippen molar-refractivity contribution >= 4 is 29.3 Å². The van der Waals surface area contributed by atoms with Gasteiger partial charge in [0.1, 0.15) is 5.82 Å². The number of nitrogens with one attached hydrogen (secondary N) is 3. The van der Waals surface area contributed by atoms with Gasteiger partial charge in [0.15, 0.2) is 0 Å². The van der Waals surface area contributed by atoms with Gasteiger partial charge in [0.05, 0.1) is 24.7 Å². The molecule has 1 aromatic carbocycles. The number of carbonyl (C=O) groups is 2. The summed E-state index contributed by atoms with van der Waals surface area (Å²) in [4.78, 5) is 46.9. The molecule has 1 unspecified atom stereocenters. The van der Waals surface area contributed by atoms with E-state index in [1.54, 1.807) is 6.07 Å². The Balaban J connectivity index is 1.66. The van der Waals surface area contributed by atoms with Crippen molar-refractivity contribution in [2.24, 2.45) is 0 Å². The predicted molar refractivity (Wildman–Crippen MR) is 104 cm³/mol. The van der Waals surface area contributed by atoms with Crippen LogP contribution in [0.2, 0.25) is 0 Å². The number of aromatic amines is 1. The van der Waals surface area contributed by atoms with Crippen LogP contribution < -0.4 is 21.1 Å². The first-order chi connectivity index (χ1) is 13.5. The van der Waals surface area contributed by atoms with Crippen molar-refractivity contribution in [1.82, 2.24) is 9.97 Å². The number of amides is 2. The minimum absolute atomic E-state index is 0.105. The highest BCUT2D eigenvalue weighted by Gasteiger charge is 2.35. The summed E-state index contributed by atoms with van der Waals surface area (Å²) < 4.78 is 5.31. The minimum Gasteiger partial charge on any atom is -0.378 e. The maximum Gasteiger partial charge on any atom is 0.258 e. The van der Waals surface area contributed by atoms with E-state index in [9.17, 15) is 14.4 Å². The first-order valence-corrected chi connectivity index (χ1v) is 9.16. The standard InChI is InChI=1S/C19H21N5O4/c1-11-4-2-3-5-13(11)20-17(26)12-10-14(25)21-16-15(12)18(27)23-19(22-16)24-6-8-28-9-7-24/h2-5,12H,6-10H2,1H3,(H,20,26)(H2,21,22,23,25,27). The molecule has 0 radical (unpaired) electrons. The number of rotatable bonds is 3. The zero-order valence-electron chi connectivity index (χ0n) is 15.4. The largest absolute Gasteiger partial charge is 0.378 e. The lowest BCUT2D eigenvalue weighted by Crippen LogP contribution is -2.41. The monoisotopic (exact) mass is 383 g/mol. The van der Waals surface area contributed by atoms with Gasteiger partial charge in [-0.05, 0) is 18.6 Å². The van der Waals surface area contributed by atoms with Gasteiger partial charge in [-0.25, -0.2) is 0 Å². The second-order valence-electron chi connectivity index (χ2n) is 6.86. The van der Waals surface area contributed by atoms with Crippen molar-refractivity contribution in [2.75, 3.05) is 41.8 Å². The van der Waals surface area contributed by atoms with Crippen LogP contribution >= 0.6 is 0 Å². The van der Waals surface area contributed by atoms with Gasteiger partial charge in [0, 0.05) is 25.2 Å². The summed E-state index contributed by atoms with van der Waals surface area (Å²) >= 11 is 0. The molecule has 2 aromatic rings. The molecule has 0 aliphatic carbocycles. The Bertz CT molecular complexity index is 981. The third-order valence-electron chi connectivity index (χ3n) is 4.97. The summed E-state index contributed by atoms with van der Waals surface area (Å²) in [6.45, 7) is 4.13. The predicted octanol–water partition coefficient (Wildman–Crippen LogP) is 0.979. The fraction of sp³-hybridized carbons (Fsp3) is 0.368. The number of anilines is 3. The lowest BCUT2D eigenvalue weighted by atomic mass is 9.92. The van der Waals surface area contributed by atoms with Gasteiger partial charge < -0.3 is 20.3 Å². The quantitative estimate of drug-likeness (QED) is 0.728. The Hall–Kier alpha value is -3.20. The second kappa shape index (κ2) is 7.43. The van der Waals surface area contributed by atoms with Gasteiger partial charge in [0.25, 0.3) is 5.56 Å². The molecule has 2 amide bonds. The smallest absolute Gasteiger partial charge is 0.258 e. The van der Waals surface area contributed by atoms with E-state index in [0.29, 0.717) is 37.9 Å². The van der Waals surface area contributed by atoms with E-state index in [1.807, 2.05) is 30.0 Å². The molecule has 1 atom stereocenters. The number of hydrogen-bond donors (Lipinski definition) is 3. The van der Waals surface area contributed by atoms with Crippen molar-refractivity contribution in [3.63, 3.8) is 0 Å². The van der Waals surface area contributed by atoms with Crippen LogP contribution in [0.4, 0.5) is 17.5 Å². The summed E-state index contributed by atoms with van der Waals surface area (Å²) in [6.07, 6.45) is -0.105. The molecule has 9 heteroatoms. The van der Waals surface area contributed by atoms with Crippen molar-refractivity contribution < 1.29 is 14.3 Å². The molecule has 0 saturated carbocycles. The summed E-state index contributed by atoms with van der Waals surface area (Å²) in [7, 11) is 0. The molecule has 28 heavy (non-hydrogen) atoms.